The predicted molar refractivity (Wildman–Crippen MR) is 104 cm³/mol. The Morgan fingerprint density at radius 1 is 1.21 bits per heavy atom. The van der Waals surface area contributed by atoms with Crippen molar-refractivity contribution < 1.29 is 14.3 Å². The molecule has 2 aromatic heterocycles. The van der Waals surface area contributed by atoms with Crippen LogP contribution in [0.3, 0.4) is 0 Å². The molecule has 0 unspecified atom stereocenters. The highest BCUT2D eigenvalue weighted by Crippen LogP contribution is 2.26. The van der Waals surface area contributed by atoms with Crippen molar-refractivity contribution >= 4 is 22.7 Å². The fraction of sp³-hybridized carbons (Fsp3) is 0.238. The fourth-order valence-corrected chi connectivity index (χ4v) is 3.37. The number of carbonyl (C=O) groups excluding carboxylic acids is 2. The van der Waals surface area contributed by atoms with Crippen molar-refractivity contribution in [1.29, 1.82) is 0 Å². The van der Waals surface area contributed by atoms with Gasteiger partial charge in [0.1, 0.15) is 6.10 Å². The van der Waals surface area contributed by atoms with Crippen molar-refractivity contribution in [3.05, 3.63) is 71.7 Å². The average Bonchev–Trinajstić information content (AvgIpc) is 2.78. The number of aromatic nitrogens is 2. The predicted octanol–water partition coefficient (Wildman–Crippen LogP) is 2.20. The molecule has 28 heavy (non-hydrogen) atoms. The van der Waals surface area contributed by atoms with Crippen LogP contribution in [-0.2, 0) is 4.74 Å². The monoisotopic (exact) mass is 376 g/mol. The molecule has 1 fully saturated rings. The number of para-hydroxylation sites is 1. The van der Waals surface area contributed by atoms with Gasteiger partial charge in [-0.1, -0.05) is 18.2 Å². The highest BCUT2D eigenvalue weighted by atomic mass is 16.5. The molecule has 0 aliphatic carbocycles. The van der Waals surface area contributed by atoms with E-state index in [9.17, 15) is 9.59 Å². The van der Waals surface area contributed by atoms with Gasteiger partial charge in [-0.3, -0.25) is 14.6 Å². The maximum Gasteiger partial charge on any atom is 0.255 e. The Balaban J connectivity index is 1.66. The minimum atomic E-state index is -0.401. The molecule has 1 N–H and O–H groups in total. The van der Waals surface area contributed by atoms with Crippen LogP contribution in [-0.4, -0.2) is 53.4 Å². The van der Waals surface area contributed by atoms with Crippen LogP contribution >= 0.6 is 0 Å². The Morgan fingerprint density at radius 3 is 2.86 bits per heavy atom. The first-order valence-corrected chi connectivity index (χ1v) is 9.10. The molecule has 0 saturated carbocycles. The van der Waals surface area contributed by atoms with Crippen LogP contribution in [0.15, 0.2) is 54.9 Å². The number of benzene rings is 1. The lowest BCUT2D eigenvalue weighted by Crippen LogP contribution is -2.42. The van der Waals surface area contributed by atoms with Crippen LogP contribution in [0.25, 0.3) is 10.9 Å². The highest BCUT2D eigenvalue weighted by molar-refractivity contribution is 6.06. The summed E-state index contributed by atoms with van der Waals surface area (Å²) >= 11 is 0. The summed E-state index contributed by atoms with van der Waals surface area (Å²) in [6.45, 7) is 1.27. The minimum Gasteiger partial charge on any atom is -0.368 e. The van der Waals surface area contributed by atoms with Gasteiger partial charge in [-0.05, 0) is 24.3 Å². The number of nitrogens with one attached hydrogen (secondary N) is 1. The van der Waals surface area contributed by atoms with Crippen LogP contribution < -0.4 is 5.32 Å². The van der Waals surface area contributed by atoms with Gasteiger partial charge in [0.25, 0.3) is 11.8 Å². The molecule has 2 amide bonds. The molecule has 3 heterocycles. The third-order valence-electron chi connectivity index (χ3n) is 4.80. The second-order valence-electron chi connectivity index (χ2n) is 6.54. The quantitative estimate of drug-likeness (QED) is 0.758. The molecule has 0 bridgehead atoms. The zero-order valence-corrected chi connectivity index (χ0v) is 15.5. The molecular formula is C21H20N4O3. The number of ether oxygens (including phenoxy) is 1. The SMILES string of the molecule is CNC(=O)c1cc([C@@H]2CN(C(=O)c3cccnc3)CCO2)nc2ccccc12. The van der Waals surface area contributed by atoms with Crippen LogP contribution in [0, 0.1) is 0 Å². The van der Waals surface area contributed by atoms with E-state index < -0.39 is 6.10 Å². The molecular weight excluding hydrogens is 356 g/mol. The van der Waals surface area contributed by atoms with E-state index in [1.807, 2.05) is 24.3 Å². The van der Waals surface area contributed by atoms with Crippen molar-refractivity contribution in [2.45, 2.75) is 6.10 Å². The molecule has 7 nitrogen and oxygen atoms in total. The first-order valence-electron chi connectivity index (χ1n) is 9.10. The van der Waals surface area contributed by atoms with Gasteiger partial charge in [-0.25, -0.2) is 4.98 Å². The van der Waals surface area contributed by atoms with Gasteiger partial charge in [0, 0.05) is 31.4 Å². The Morgan fingerprint density at radius 2 is 2.07 bits per heavy atom. The summed E-state index contributed by atoms with van der Waals surface area (Å²) in [5.41, 5.74) is 2.45. The number of pyridine rings is 2. The van der Waals surface area contributed by atoms with Crippen LogP contribution in [0.1, 0.15) is 32.5 Å². The zero-order chi connectivity index (χ0) is 19.5. The van der Waals surface area contributed by atoms with Gasteiger partial charge in [0.05, 0.1) is 35.5 Å². The molecule has 7 heteroatoms. The fourth-order valence-electron chi connectivity index (χ4n) is 3.37. The first kappa shape index (κ1) is 18.1. The maximum absolute atomic E-state index is 12.8. The standard InChI is InChI=1S/C21H20N4O3/c1-22-20(26)16-11-18(24-17-7-3-2-6-15(16)17)19-13-25(9-10-28-19)21(27)14-5-4-8-23-12-14/h2-8,11-12,19H,9-10,13H2,1H3,(H,22,26)/t19-/m0/s1. The summed E-state index contributed by atoms with van der Waals surface area (Å²) in [5, 5.41) is 3.46. The molecule has 3 aromatic rings. The molecule has 1 aliphatic rings. The largest absolute Gasteiger partial charge is 0.368 e. The van der Waals surface area contributed by atoms with Crippen molar-refractivity contribution in [3.8, 4) is 0 Å². The summed E-state index contributed by atoms with van der Waals surface area (Å²) in [6.07, 6.45) is 2.80. The third kappa shape index (κ3) is 3.44. The highest BCUT2D eigenvalue weighted by Gasteiger charge is 2.28. The number of hydrogen-bond acceptors (Lipinski definition) is 5. The van der Waals surface area contributed by atoms with E-state index in [1.165, 1.54) is 0 Å². The number of rotatable bonds is 3. The molecule has 4 rings (SSSR count). The van der Waals surface area contributed by atoms with Crippen molar-refractivity contribution in [2.75, 3.05) is 26.7 Å². The molecule has 1 atom stereocenters. The second kappa shape index (κ2) is 7.74. The molecule has 0 radical (unpaired) electrons. The van der Waals surface area contributed by atoms with Crippen LogP contribution in [0.4, 0.5) is 0 Å². The number of morpholine rings is 1. The van der Waals surface area contributed by atoms with E-state index in [4.69, 9.17) is 4.74 Å². The first-order chi connectivity index (χ1) is 13.7. The van der Waals surface area contributed by atoms with Gasteiger partial charge >= 0.3 is 0 Å². The summed E-state index contributed by atoms with van der Waals surface area (Å²) in [5.74, 6) is -0.271. The number of amides is 2. The van der Waals surface area contributed by atoms with E-state index in [0.29, 0.717) is 36.5 Å². The van der Waals surface area contributed by atoms with E-state index >= 15 is 0 Å². The van der Waals surface area contributed by atoms with E-state index in [1.54, 1.807) is 42.5 Å². The van der Waals surface area contributed by atoms with E-state index in [-0.39, 0.29) is 11.8 Å². The summed E-state index contributed by atoms with van der Waals surface area (Å²) in [7, 11) is 1.60. The van der Waals surface area contributed by atoms with E-state index in [0.717, 1.165) is 10.9 Å². The van der Waals surface area contributed by atoms with E-state index in [2.05, 4.69) is 15.3 Å². The lowest BCUT2D eigenvalue weighted by Gasteiger charge is -2.33. The Kier molecular flexibility index (Phi) is 4.99. The van der Waals surface area contributed by atoms with Crippen molar-refractivity contribution in [1.82, 2.24) is 20.2 Å². The van der Waals surface area contributed by atoms with Gasteiger partial charge in [-0.2, -0.15) is 0 Å². The summed E-state index contributed by atoms with van der Waals surface area (Å²) in [4.78, 5) is 35.6. The molecule has 142 valence electrons. The van der Waals surface area contributed by atoms with Gasteiger partial charge in [0.15, 0.2) is 0 Å². The average molecular weight is 376 g/mol. The number of hydrogen-bond donors (Lipinski definition) is 1. The smallest absolute Gasteiger partial charge is 0.255 e. The Bertz CT molecular complexity index is 1020. The minimum absolute atomic E-state index is 0.0892. The summed E-state index contributed by atoms with van der Waals surface area (Å²) < 4.78 is 5.89. The number of carbonyl (C=O) groups is 2. The lowest BCUT2D eigenvalue weighted by atomic mass is 10.0. The maximum atomic E-state index is 12.8. The van der Waals surface area contributed by atoms with Crippen molar-refractivity contribution in [3.63, 3.8) is 0 Å². The van der Waals surface area contributed by atoms with Crippen molar-refractivity contribution in [2.24, 2.45) is 0 Å². The summed E-state index contributed by atoms with van der Waals surface area (Å²) in [6, 6.07) is 12.7. The Hall–Kier alpha value is -3.32. The molecule has 1 saturated heterocycles. The molecule has 1 aliphatic heterocycles. The number of fused-ring (bicyclic) bond motifs is 1. The molecule has 1 aromatic carbocycles. The Labute approximate surface area is 162 Å². The lowest BCUT2D eigenvalue weighted by molar-refractivity contribution is -0.0246. The van der Waals surface area contributed by atoms with Gasteiger partial charge in [-0.15, -0.1) is 0 Å². The zero-order valence-electron chi connectivity index (χ0n) is 15.5. The topological polar surface area (TPSA) is 84.4 Å². The van der Waals surface area contributed by atoms with Crippen LogP contribution in [0.2, 0.25) is 0 Å². The van der Waals surface area contributed by atoms with Crippen LogP contribution in [0.5, 0.6) is 0 Å². The van der Waals surface area contributed by atoms with Gasteiger partial charge < -0.3 is 15.0 Å². The van der Waals surface area contributed by atoms with Gasteiger partial charge in [0.2, 0.25) is 0 Å². The second-order valence-corrected chi connectivity index (χ2v) is 6.54. The normalized spacial score (nSPS) is 16.8. The third-order valence-corrected chi connectivity index (χ3v) is 4.80. The number of nitrogens with zero attached hydrogens (tertiary/aromatic N) is 3. The molecule has 0 spiro atoms.